The van der Waals surface area contributed by atoms with E-state index in [1.165, 1.54) is 0 Å². The summed E-state index contributed by atoms with van der Waals surface area (Å²) in [6.07, 6.45) is 6.07. The van der Waals surface area contributed by atoms with Crippen LogP contribution in [0.25, 0.3) is 21.2 Å². The quantitative estimate of drug-likeness (QED) is 0.328. The van der Waals surface area contributed by atoms with Crippen LogP contribution in [0.3, 0.4) is 0 Å². The van der Waals surface area contributed by atoms with Gasteiger partial charge < -0.3 is 4.74 Å². The van der Waals surface area contributed by atoms with E-state index in [4.69, 9.17) is 21.9 Å². The van der Waals surface area contributed by atoms with Crippen molar-refractivity contribution in [2.24, 2.45) is 5.11 Å². The standard InChI is InChI=1S/C16H18ClN5O/c1-4-16(3,21-22-18)12-9-20-14(23-15(2)5-6-15)11-8-19-13(17)7-10(11)12/h7-9H,4-6H2,1-3H3/t16-/m1/s1. The molecule has 0 bridgehead atoms. The second-order valence-corrected chi connectivity index (χ2v) is 6.79. The molecule has 0 amide bonds. The Hall–Kier alpha value is -2.04. The van der Waals surface area contributed by atoms with Crippen LogP contribution in [-0.2, 0) is 5.54 Å². The molecule has 120 valence electrons. The smallest absolute Gasteiger partial charge is 0.223 e. The first-order valence-electron chi connectivity index (χ1n) is 7.61. The number of rotatable bonds is 5. The summed E-state index contributed by atoms with van der Waals surface area (Å²) in [6, 6.07) is 1.77. The van der Waals surface area contributed by atoms with Gasteiger partial charge in [-0.05, 0) is 55.7 Å². The fraction of sp³-hybridized carbons (Fsp3) is 0.500. The van der Waals surface area contributed by atoms with Crippen molar-refractivity contribution in [2.45, 2.75) is 51.2 Å². The van der Waals surface area contributed by atoms with Gasteiger partial charge >= 0.3 is 0 Å². The fourth-order valence-corrected chi connectivity index (χ4v) is 2.68. The van der Waals surface area contributed by atoms with Crippen molar-refractivity contribution in [3.05, 3.63) is 39.6 Å². The summed E-state index contributed by atoms with van der Waals surface area (Å²) < 4.78 is 6.03. The number of nitrogens with zero attached hydrogens (tertiary/aromatic N) is 5. The molecule has 2 aromatic heterocycles. The van der Waals surface area contributed by atoms with Gasteiger partial charge in [-0.1, -0.05) is 23.6 Å². The average molecular weight is 332 g/mol. The van der Waals surface area contributed by atoms with Crippen molar-refractivity contribution in [1.82, 2.24) is 9.97 Å². The lowest BCUT2D eigenvalue weighted by molar-refractivity contribution is 0.194. The van der Waals surface area contributed by atoms with Crippen molar-refractivity contribution in [1.29, 1.82) is 0 Å². The number of azide groups is 1. The van der Waals surface area contributed by atoms with Gasteiger partial charge in [-0.25, -0.2) is 9.97 Å². The van der Waals surface area contributed by atoms with Crippen LogP contribution in [0.1, 0.15) is 45.6 Å². The highest BCUT2D eigenvalue weighted by molar-refractivity contribution is 6.30. The van der Waals surface area contributed by atoms with Crippen LogP contribution < -0.4 is 4.74 Å². The van der Waals surface area contributed by atoms with E-state index in [1.54, 1.807) is 18.5 Å². The number of aromatic nitrogens is 2. The molecule has 0 radical (unpaired) electrons. The zero-order valence-corrected chi connectivity index (χ0v) is 14.1. The largest absolute Gasteiger partial charge is 0.471 e. The maximum absolute atomic E-state index is 8.91. The summed E-state index contributed by atoms with van der Waals surface area (Å²) in [4.78, 5) is 11.6. The minimum absolute atomic E-state index is 0.139. The van der Waals surface area contributed by atoms with Gasteiger partial charge in [0.25, 0.3) is 0 Å². The molecule has 0 spiro atoms. The van der Waals surface area contributed by atoms with E-state index in [0.717, 1.165) is 29.2 Å². The molecule has 2 heterocycles. The Kier molecular flexibility index (Phi) is 3.82. The van der Waals surface area contributed by atoms with Crippen molar-refractivity contribution >= 4 is 22.4 Å². The first-order chi connectivity index (χ1) is 10.9. The van der Waals surface area contributed by atoms with Crippen molar-refractivity contribution in [2.75, 3.05) is 0 Å². The Morgan fingerprint density at radius 2 is 2.13 bits per heavy atom. The first-order valence-corrected chi connectivity index (χ1v) is 7.98. The molecule has 0 unspecified atom stereocenters. The van der Waals surface area contributed by atoms with Gasteiger partial charge in [0, 0.05) is 17.3 Å². The van der Waals surface area contributed by atoms with Crippen LogP contribution in [0, 0.1) is 0 Å². The predicted molar refractivity (Wildman–Crippen MR) is 89.6 cm³/mol. The number of halogens is 1. The van der Waals surface area contributed by atoms with Crippen molar-refractivity contribution < 1.29 is 4.74 Å². The molecule has 0 N–H and O–H groups in total. The molecular weight excluding hydrogens is 314 g/mol. The second-order valence-electron chi connectivity index (χ2n) is 6.40. The van der Waals surface area contributed by atoms with Gasteiger partial charge in [-0.15, -0.1) is 0 Å². The second kappa shape index (κ2) is 5.55. The van der Waals surface area contributed by atoms with Crippen LogP contribution in [0.4, 0.5) is 0 Å². The van der Waals surface area contributed by atoms with E-state index in [0.29, 0.717) is 17.5 Å². The monoisotopic (exact) mass is 331 g/mol. The Morgan fingerprint density at radius 3 is 2.74 bits per heavy atom. The lowest BCUT2D eigenvalue weighted by Gasteiger charge is -2.25. The summed E-state index contributed by atoms with van der Waals surface area (Å²) in [6.45, 7) is 5.92. The minimum atomic E-state index is -0.702. The van der Waals surface area contributed by atoms with E-state index in [-0.39, 0.29) is 5.60 Å². The summed E-state index contributed by atoms with van der Waals surface area (Å²) in [5.41, 5.74) is 8.90. The van der Waals surface area contributed by atoms with Crippen LogP contribution in [0.2, 0.25) is 5.15 Å². The number of hydrogen-bond acceptors (Lipinski definition) is 4. The Bertz CT molecular complexity index is 813. The number of ether oxygens (including phenoxy) is 1. The summed E-state index contributed by atoms with van der Waals surface area (Å²) in [7, 11) is 0. The lowest BCUT2D eigenvalue weighted by Crippen LogP contribution is -2.19. The molecule has 1 aliphatic carbocycles. The molecule has 1 saturated carbocycles. The highest BCUT2D eigenvalue weighted by Gasteiger charge is 2.41. The molecule has 3 rings (SSSR count). The molecule has 0 aromatic carbocycles. The molecule has 0 saturated heterocycles. The van der Waals surface area contributed by atoms with E-state index in [1.807, 2.05) is 13.8 Å². The van der Waals surface area contributed by atoms with Gasteiger partial charge in [0.15, 0.2) is 0 Å². The third-order valence-electron chi connectivity index (χ3n) is 4.53. The maximum atomic E-state index is 8.91. The zero-order valence-electron chi connectivity index (χ0n) is 13.4. The Labute approximate surface area is 139 Å². The topological polar surface area (TPSA) is 83.8 Å². The van der Waals surface area contributed by atoms with E-state index < -0.39 is 5.54 Å². The molecular formula is C16H18ClN5O. The SMILES string of the molecule is CC[C@@](C)(N=[N+]=[N-])c1cnc(OC2(C)CC2)c2cnc(Cl)cc12. The molecule has 0 aliphatic heterocycles. The van der Waals surface area contributed by atoms with Crippen LogP contribution >= 0.6 is 11.6 Å². The molecule has 6 nitrogen and oxygen atoms in total. The van der Waals surface area contributed by atoms with Crippen LogP contribution in [0.15, 0.2) is 23.6 Å². The molecule has 7 heteroatoms. The summed E-state index contributed by atoms with van der Waals surface area (Å²) >= 11 is 6.08. The third kappa shape index (κ3) is 2.92. The molecule has 1 atom stereocenters. The van der Waals surface area contributed by atoms with Crippen molar-refractivity contribution in [3.8, 4) is 5.88 Å². The minimum Gasteiger partial charge on any atom is -0.471 e. The number of hydrogen-bond donors (Lipinski definition) is 0. The molecule has 23 heavy (non-hydrogen) atoms. The van der Waals surface area contributed by atoms with Crippen LogP contribution in [0.5, 0.6) is 5.88 Å². The van der Waals surface area contributed by atoms with Gasteiger partial charge in [0.2, 0.25) is 5.88 Å². The highest BCUT2D eigenvalue weighted by atomic mass is 35.5. The molecule has 1 aliphatic rings. The zero-order chi connectivity index (χ0) is 16.7. The Morgan fingerprint density at radius 1 is 1.39 bits per heavy atom. The normalized spacial score (nSPS) is 18.1. The van der Waals surface area contributed by atoms with E-state index in [2.05, 4.69) is 26.9 Å². The van der Waals surface area contributed by atoms with Crippen molar-refractivity contribution in [3.63, 3.8) is 0 Å². The third-order valence-corrected chi connectivity index (χ3v) is 4.74. The van der Waals surface area contributed by atoms with E-state index in [9.17, 15) is 0 Å². The molecule has 1 fully saturated rings. The van der Waals surface area contributed by atoms with Gasteiger partial charge in [-0.3, -0.25) is 0 Å². The summed E-state index contributed by atoms with van der Waals surface area (Å²) in [5.74, 6) is 0.548. The van der Waals surface area contributed by atoms with Gasteiger partial charge in [-0.2, -0.15) is 0 Å². The number of fused-ring (bicyclic) bond motifs is 1. The average Bonchev–Trinajstić information content (AvgIpc) is 3.24. The van der Waals surface area contributed by atoms with Gasteiger partial charge in [0.1, 0.15) is 10.8 Å². The maximum Gasteiger partial charge on any atom is 0.223 e. The summed E-state index contributed by atoms with van der Waals surface area (Å²) in [5, 5.41) is 6.00. The highest BCUT2D eigenvalue weighted by Crippen LogP contribution is 2.43. The number of pyridine rings is 2. The van der Waals surface area contributed by atoms with Gasteiger partial charge in [0.05, 0.1) is 10.9 Å². The predicted octanol–water partition coefficient (Wildman–Crippen LogP) is 5.15. The van der Waals surface area contributed by atoms with Crippen LogP contribution in [-0.4, -0.2) is 15.6 Å². The fourth-order valence-electron chi connectivity index (χ4n) is 2.52. The molecule has 2 aromatic rings. The first kappa shape index (κ1) is 15.8. The van der Waals surface area contributed by atoms with E-state index >= 15 is 0 Å². The lowest BCUT2D eigenvalue weighted by atomic mass is 9.88. The Balaban J connectivity index is 2.22.